The van der Waals surface area contributed by atoms with Crippen LogP contribution in [-0.4, -0.2) is 37.7 Å². The minimum absolute atomic E-state index is 0.271. The van der Waals surface area contributed by atoms with Crippen LogP contribution in [0.5, 0.6) is 0 Å². The Kier molecular flexibility index (Phi) is 2.01. The molecule has 0 aromatic rings. The van der Waals surface area contributed by atoms with Gasteiger partial charge in [-0.3, -0.25) is 4.90 Å². The van der Waals surface area contributed by atoms with E-state index in [0.717, 1.165) is 13.2 Å². The lowest BCUT2D eigenvalue weighted by Crippen LogP contribution is -2.66. The summed E-state index contributed by atoms with van der Waals surface area (Å²) in [5, 5.41) is 0. The fraction of sp³-hybridized carbons (Fsp3) is 1.00. The molecule has 0 radical (unpaired) electrons. The van der Waals surface area contributed by atoms with Crippen molar-refractivity contribution in [1.82, 2.24) is 4.90 Å². The van der Waals surface area contributed by atoms with Gasteiger partial charge in [0.05, 0.1) is 18.8 Å². The first kappa shape index (κ1) is 9.01. The van der Waals surface area contributed by atoms with E-state index in [9.17, 15) is 0 Å². The third-order valence-corrected chi connectivity index (χ3v) is 2.93. The molecule has 0 aromatic heterocycles. The molecule has 1 aliphatic rings. The van der Waals surface area contributed by atoms with E-state index in [2.05, 4.69) is 39.8 Å². The Morgan fingerprint density at radius 2 is 1.64 bits per heavy atom. The summed E-state index contributed by atoms with van der Waals surface area (Å²) in [6, 6.07) is 0. The minimum atomic E-state index is 0.271. The van der Waals surface area contributed by atoms with Gasteiger partial charge in [-0.05, 0) is 19.5 Å². The Balaban J connectivity index is 2.76. The molecule has 1 heterocycles. The number of likely N-dealkylation sites (N-methyl/N-ethyl adjacent to an activating group) is 1. The zero-order valence-corrected chi connectivity index (χ0v) is 8.27. The third-order valence-electron chi connectivity index (χ3n) is 2.93. The Hall–Kier alpha value is -0.0800. The molecule has 66 valence electrons. The predicted molar refractivity (Wildman–Crippen MR) is 46.7 cm³/mol. The van der Waals surface area contributed by atoms with Gasteiger partial charge in [0, 0.05) is 0 Å². The lowest BCUT2D eigenvalue weighted by atomic mass is 9.71. The van der Waals surface area contributed by atoms with Gasteiger partial charge in [0.2, 0.25) is 0 Å². The SMILES string of the molecule is CN(C)C1(C(C)(C)C)COC1. The lowest BCUT2D eigenvalue weighted by Gasteiger charge is -2.55. The van der Waals surface area contributed by atoms with Crippen LogP contribution in [0.3, 0.4) is 0 Å². The largest absolute Gasteiger partial charge is 0.377 e. The molecule has 0 aromatic carbocycles. The van der Waals surface area contributed by atoms with E-state index < -0.39 is 0 Å². The van der Waals surface area contributed by atoms with E-state index >= 15 is 0 Å². The van der Waals surface area contributed by atoms with Crippen LogP contribution in [0.1, 0.15) is 20.8 Å². The number of nitrogens with zero attached hydrogens (tertiary/aromatic N) is 1. The molecule has 1 rings (SSSR count). The standard InChI is InChI=1S/C9H19NO/c1-8(2,3)9(10(4)5)6-11-7-9/h6-7H2,1-5H3. The molecule has 0 saturated carbocycles. The Labute approximate surface area is 69.5 Å². The lowest BCUT2D eigenvalue weighted by molar-refractivity contribution is -0.176. The molecule has 2 nitrogen and oxygen atoms in total. The van der Waals surface area contributed by atoms with Gasteiger partial charge < -0.3 is 4.74 Å². The maximum absolute atomic E-state index is 5.28. The monoisotopic (exact) mass is 157 g/mol. The molecule has 1 saturated heterocycles. The molecule has 0 bridgehead atoms. The van der Waals surface area contributed by atoms with Crippen molar-refractivity contribution in [2.45, 2.75) is 26.3 Å². The topological polar surface area (TPSA) is 12.5 Å². The molecule has 1 fully saturated rings. The van der Waals surface area contributed by atoms with Crippen LogP contribution >= 0.6 is 0 Å². The summed E-state index contributed by atoms with van der Waals surface area (Å²) in [6.45, 7) is 8.58. The second-order valence-corrected chi connectivity index (χ2v) is 4.67. The second kappa shape index (κ2) is 2.46. The number of hydrogen-bond acceptors (Lipinski definition) is 2. The van der Waals surface area contributed by atoms with Crippen molar-refractivity contribution < 1.29 is 4.74 Å². The first-order valence-corrected chi connectivity index (χ1v) is 4.15. The third kappa shape index (κ3) is 1.18. The minimum Gasteiger partial charge on any atom is -0.377 e. The highest BCUT2D eigenvalue weighted by Crippen LogP contribution is 2.39. The first-order chi connectivity index (χ1) is 4.90. The van der Waals surface area contributed by atoms with Crippen LogP contribution in [0.15, 0.2) is 0 Å². The summed E-state index contributed by atoms with van der Waals surface area (Å²) < 4.78 is 5.28. The van der Waals surface area contributed by atoms with Gasteiger partial charge in [-0.15, -0.1) is 0 Å². The normalized spacial score (nSPS) is 23.5. The molecule has 1 aliphatic heterocycles. The molecule has 0 spiro atoms. The van der Waals surface area contributed by atoms with Crippen LogP contribution in [0.25, 0.3) is 0 Å². The zero-order chi connectivity index (χ0) is 8.70. The van der Waals surface area contributed by atoms with E-state index in [0.29, 0.717) is 5.41 Å². The van der Waals surface area contributed by atoms with Crippen LogP contribution in [0.2, 0.25) is 0 Å². The van der Waals surface area contributed by atoms with E-state index in [4.69, 9.17) is 4.74 Å². The molecule has 0 amide bonds. The zero-order valence-electron chi connectivity index (χ0n) is 8.27. The van der Waals surface area contributed by atoms with Gasteiger partial charge in [-0.2, -0.15) is 0 Å². The van der Waals surface area contributed by atoms with Crippen LogP contribution in [0, 0.1) is 5.41 Å². The quantitative estimate of drug-likeness (QED) is 0.570. The molecule has 0 atom stereocenters. The van der Waals surface area contributed by atoms with E-state index in [-0.39, 0.29) is 5.54 Å². The van der Waals surface area contributed by atoms with Crippen molar-refractivity contribution in [3.8, 4) is 0 Å². The van der Waals surface area contributed by atoms with E-state index in [1.165, 1.54) is 0 Å². The fourth-order valence-electron chi connectivity index (χ4n) is 1.66. The van der Waals surface area contributed by atoms with Gasteiger partial charge in [0.25, 0.3) is 0 Å². The summed E-state index contributed by atoms with van der Waals surface area (Å²) in [6.07, 6.45) is 0. The van der Waals surface area contributed by atoms with Gasteiger partial charge in [0.1, 0.15) is 0 Å². The summed E-state index contributed by atoms with van der Waals surface area (Å²) in [5.41, 5.74) is 0.585. The Bertz CT molecular complexity index is 142. The smallest absolute Gasteiger partial charge is 0.0722 e. The van der Waals surface area contributed by atoms with Crippen LogP contribution in [-0.2, 0) is 4.74 Å². The molecular formula is C9H19NO. The molecule has 0 unspecified atom stereocenters. The number of rotatable bonds is 1. The van der Waals surface area contributed by atoms with Gasteiger partial charge in [0.15, 0.2) is 0 Å². The molecular weight excluding hydrogens is 138 g/mol. The number of ether oxygens (including phenoxy) is 1. The van der Waals surface area contributed by atoms with Crippen molar-refractivity contribution in [2.24, 2.45) is 5.41 Å². The maximum atomic E-state index is 5.28. The highest BCUT2D eigenvalue weighted by molar-refractivity contribution is 5.02. The summed E-state index contributed by atoms with van der Waals surface area (Å²) in [5.74, 6) is 0. The molecule has 0 N–H and O–H groups in total. The summed E-state index contributed by atoms with van der Waals surface area (Å²) in [4.78, 5) is 2.29. The van der Waals surface area contributed by atoms with E-state index in [1.54, 1.807) is 0 Å². The van der Waals surface area contributed by atoms with Crippen LogP contribution in [0.4, 0.5) is 0 Å². The average molecular weight is 157 g/mol. The van der Waals surface area contributed by atoms with Crippen molar-refractivity contribution in [1.29, 1.82) is 0 Å². The Morgan fingerprint density at radius 3 is 1.64 bits per heavy atom. The molecule has 2 heteroatoms. The van der Waals surface area contributed by atoms with Crippen molar-refractivity contribution in [3.05, 3.63) is 0 Å². The fourth-order valence-corrected chi connectivity index (χ4v) is 1.66. The van der Waals surface area contributed by atoms with E-state index in [1.807, 2.05) is 0 Å². The molecule has 11 heavy (non-hydrogen) atoms. The second-order valence-electron chi connectivity index (χ2n) is 4.67. The first-order valence-electron chi connectivity index (χ1n) is 4.15. The van der Waals surface area contributed by atoms with Crippen molar-refractivity contribution in [2.75, 3.05) is 27.3 Å². The average Bonchev–Trinajstić information content (AvgIpc) is 1.52. The predicted octanol–water partition coefficient (Wildman–Crippen LogP) is 1.36. The van der Waals surface area contributed by atoms with Gasteiger partial charge in [-0.25, -0.2) is 0 Å². The van der Waals surface area contributed by atoms with Gasteiger partial charge in [-0.1, -0.05) is 20.8 Å². The highest BCUT2D eigenvalue weighted by atomic mass is 16.5. The molecule has 0 aliphatic carbocycles. The number of hydrogen-bond donors (Lipinski definition) is 0. The van der Waals surface area contributed by atoms with Crippen molar-refractivity contribution in [3.63, 3.8) is 0 Å². The summed E-state index contributed by atoms with van der Waals surface area (Å²) in [7, 11) is 4.27. The van der Waals surface area contributed by atoms with Crippen LogP contribution < -0.4 is 0 Å². The summed E-state index contributed by atoms with van der Waals surface area (Å²) >= 11 is 0. The highest BCUT2D eigenvalue weighted by Gasteiger charge is 2.49. The van der Waals surface area contributed by atoms with Crippen molar-refractivity contribution >= 4 is 0 Å². The Morgan fingerprint density at radius 1 is 1.18 bits per heavy atom. The van der Waals surface area contributed by atoms with Gasteiger partial charge >= 0.3 is 0 Å². The maximum Gasteiger partial charge on any atom is 0.0722 e.